The first-order chi connectivity index (χ1) is 9.15. The summed E-state index contributed by atoms with van der Waals surface area (Å²) >= 11 is 1.59. The highest BCUT2D eigenvalue weighted by molar-refractivity contribution is 7.13. The Bertz CT molecular complexity index is 619. The van der Waals surface area contributed by atoms with Crippen LogP contribution in [0.15, 0.2) is 23.6 Å². The number of aromatic amines is 1. The number of primary amides is 1. The van der Waals surface area contributed by atoms with Gasteiger partial charge in [-0.1, -0.05) is 6.07 Å². The molecule has 1 aliphatic heterocycles. The average molecular weight is 276 g/mol. The Kier molecular flexibility index (Phi) is 2.83. The van der Waals surface area contributed by atoms with E-state index in [1.54, 1.807) is 11.3 Å². The molecule has 1 unspecified atom stereocenters. The van der Waals surface area contributed by atoms with E-state index in [9.17, 15) is 9.59 Å². The number of carbonyl (C=O) groups excluding carboxylic acids is 2. The zero-order valence-electron chi connectivity index (χ0n) is 10.00. The zero-order chi connectivity index (χ0) is 13.4. The number of nitrogens with two attached hydrogens (primary N) is 1. The number of thiophene rings is 1. The highest BCUT2D eigenvalue weighted by atomic mass is 32.1. The largest absolute Gasteiger partial charge is 0.369 e. The van der Waals surface area contributed by atoms with Gasteiger partial charge in [-0.25, -0.2) is 0 Å². The molecule has 3 rings (SSSR count). The van der Waals surface area contributed by atoms with Gasteiger partial charge in [0.15, 0.2) is 5.82 Å². The van der Waals surface area contributed by atoms with Crippen molar-refractivity contribution in [2.75, 3.05) is 11.4 Å². The molecule has 98 valence electrons. The molecule has 1 fully saturated rings. The summed E-state index contributed by atoms with van der Waals surface area (Å²) in [5.41, 5.74) is 6.10. The minimum atomic E-state index is -0.440. The van der Waals surface area contributed by atoms with Crippen LogP contribution in [-0.2, 0) is 9.59 Å². The van der Waals surface area contributed by atoms with Crippen LogP contribution in [0.3, 0.4) is 0 Å². The van der Waals surface area contributed by atoms with Crippen molar-refractivity contribution in [3.8, 4) is 10.6 Å². The maximum absolute atomic E-state index is 11.9. The van der Waals surface area contributed by atoms with E-state index in [0.29, 0.717) is 12.4 Å². The lowest BCUT2D eigenvalue weighted by Gasteiger charge is -2.11. The average Bonchev–Trinajstić information content (AvgIpc) is 3.07. The molecule has 0 radical (unpaired) electrons. The summed E-state index contributed by atoms with van der Waals surface area (Å²) in [6.45, 7) is 0.308. The van der Waals surface area contributed by atoms with Gasteiger partial charge >= 0.3 is 0 Å². The number of hydrogen-bond donors (Lipinski definition) is 2. The van der Waals surface area contributed by atoms with Crippen molar-refractivity contribution >= 4 is 29.0 Å². The van der Waals surface area contributed by atoms with Crippen molar-refractivity contribution in [3.63, 3.8) is 0 Å². The molecule has 19 heavy (non-hydrogen) atoms. The molecular weight excluding hydrogens is 264 g/mol. The number of hydrogen-bond acceptors (Lipinski definition) is 4. The fourth-order valence-electron chi connectivity index (χ4n) is 2.13. The number of anilines is 1. The molecule has 2 aromatic rings. The van der Waals surface area contributed by atoms with E-state index < -0.39 is 11.8 Å². The Balaban J connectivity index is 1.84. The molecule has 0 bridgehead atoms. The molecule has 7 heteroatoms. The molecule has 1 aliphatic rings. The Morgan fingerprint density at radius 2 is 2.42 bits per heavy atom. The number of aromatic nitrogens is 2. The van der Waals surface area contributed by atoms with Crippen LogP contribution < -0.4 is 10.6 Å². The molecule has 0 spiro atoms. The van der Waals surface area contributed by atoms with Crippen LogP contribution in [-0.4, -0.2) is 28.6 Å². The van der Waals surface area contributed by atoms with E-state index in [4.69, 9.17) is 5.73 Å². The molecule has 1 atom stereocenters. The first kappa shape index (κ1) is 11.9. The quantitative estimate of drug-likeness (QED) is 0.875. The molecule has 0 aliphatic carbocycles. The minimum Gasteiger partial charge on any atom is -0.369 e. The maximum atomic E-state index is 11.9. The minimum absolute atomic E-state index is 0.118. The number of H-pyrrole nitrogens is 1. The summed E-state index contributed by atoms with van der Waals surface area (Å²) in [5, 5.41) is 9.01. The monoisotopic (exact) mass is 276 g/mol. The van der Waals surface area contributed by atoms with Gasteiger partial charge in [0.05, 0.1) is 16.5 Å². The van der Waals surface area contributed by atoms with Crippen LogP contribution in [0, 0.1) is 5.92 Å². The summed E-state index contributed by atoms with van der Waals surface area (Å²) in [4.78, 5) is 25.5. The predicted octanol–water partition coefficient (Wildman–Crippen LogP) is 0.976. The van der Waals surface area contributed by atoms with Crippen LogP contribution in [0.1, 0.15) is 6.42 Å². The molecule has 3 N–H and O–H groups in total. The molecule has 2 amide bonds. The third-order valence-electron chi connectivity index (χ3n) is 3.15. The van der Waals surface area contributed by atoms with Crippen LogP contribution >= 0.6 is 11.3 Å². The standard InChI is InChI=1S/C12H12N4O2S/c13-12(18)7-4-11(17)16(6-7)10-5-8(14-15-10)9-2-1-3-19-9/h1-3,5,7H,4,6H2,(H2,13,18)(H,14,15). The normalized spacial score (nSPS) is 19.1. The smallest absolute Gasteiger partial charge is 0.229 e. The Morgan fingerprint density at radius 1 is 1.58 bits per heavy atom. The fourth-order valence-corrected chi connectivity index (χ4v) is 2.82. The van der Waals surface area contributed by atoms with Crippen molar-refractivity contribution < 1.29 is 9.59 Å². The maximum Gasteiger partial charge on any atom is 0.229 e. The Hall–Kier alpha value is -2.15. The van der Waals surface area contributed by atoms with E-state index in [0.717, 1.165) is 10.6 Å². The zero-order valence-corrected chi connectivity index (χ0v) is 10.8. The highest BCUT2D eigenvalue weighted by Crippen LogP contribution is 2.28. The first-order valence-electron chi connectivity index (χ1n) is 5.84. The third-order valence-corrected chi connectivity index (χ3v) is 4.06. The summed E-state index contributed by atoms with van der Waals surface area (Å²) < 4.78 is 0. The van der Waals surface area contributed by atoms with Crippen LogP contribution in [0.4, 0.5) is 5.82 Å². The summed E-state index contributed by atoms with van der Waals surface area (Å²) in [6, 6.07) is 5.73. The highest BCUT2D eigenvalue weighted by Gasteiger charge is 2.35. The van der Waals surface area contributed by atoms with Crippen LogP contribution in [0.2, 0.25) is 0 Å². The van der Waals surface area contributed by atoms with E-state index in [-0.39, 0.29) is 12.3 Å². The van der Waals surface area contributed by atoms with E-state index in [2.05, 4.69) is 10.2 Å². The number of nitrogens with one attached hydrogen (secondary N) is 1. The Morgan fingerprint density at radius 3 is 3.05 bits per heavy atom. The summed E-state index contributed by atoms with van der Waals surface area (Å²) in [5.74, 6) is -0.440. The van der Waals surface area contributed by atoms with E-state index in [1.807, 2.05) is 23.6 Å². The van der Waals surface area contributed by atoms with Gasteiger partial charge in [0.2, 0.25) is 11.8 Å². The molecule has 6 nitrogen and oxygen atoms in total. The molecule has 1 saturated heterocycles. The molecule has 0 aromatic carbocycles. The van der Waals surface area contributed by atoms with Gasteiger partial charge in [0.25, 0.3) is 0 Å². The molecule has 3 heterocycles. The van der Waals surface area contributed by atoms with Crippen molar-refractivity contribution in [3.05, 3.63) is 23.6 Å². The van der Waals surface area contributed by atoms with Gasteiger partial charge in [-0.3, -0.25) is 19.6 Å². The fraction of sp³-hybridized carbons (Fsp3) is 0.250. The molecule has 0 saturated carbocycles. The number of nitrogens with zero attached hydrogens (tertiary/aromatic N) is 2. The second-order valence-corrected chi connectivity index (χ2v) is 5.37. The summed E-state index contributed by atoms with van der Waals surface area (Å²) in [6.07, 6.45) is 0.163. The first-order valence-corrected chi connectivity index (χ1v) is 6.72. The summed E-state index contributed by atoms with van der Waals surface area (Å²) in [7, 11) is 0. The lowest BCUT2D eigenvalue weighted by molar-refractivity contribution is -0.123. The third kappa shape index (κ3) is 2.12. The Labute approximate surface area is 113 Å². The van der Waals surface area contributed by atoms with E-state index in [1.165, 1.54) is 4.90 Å². The van der Waals surface area contributed by atoms with Crippen molar-refractivity contribution in [2.24, 2.45) is 11.7 Å². The van der Waals surface area contributed by atoms with Crippen molar-refractivity contribution in [2.45, 2.75) is 6.42 Å². The van der Waals surface area contributed by atoms with Gasteiger partial charge in [-0.2, -0.15) is 5.10 Å². The lowest BCUT2D eigenvalue weighted by Crippen LogP contribution is -2.28. The SMILES string of the molecule is NC(=O)C1CC(=O)N(c2cc(-c3cccs3)[nH]n2)C1. The van der Waals surface area contributed by atoms with E-state index >= 15 is 0 Å². The van der Waals surface area contributed by atoms with Crippen LogP contribution in [0.5, 0.6) is 0 Å². The van der Waals surface area contributed by atoms with Crippen molar-refractivity contribution in [1.29, 1.82) is 0 Å². The second-order valence-electron chi connectivity index (χ2n) is 4.42. The number of carbonyl (C=O) groups is 2. The number of amides is 2. The van der Waals surface area contributed by atoms with Gasteiger partial charge in [-0.15, -0.1) is 11.3 Å². The lowest BCUT2D eigenvalue weighted by atomic mass is 10.1. The van der Waals surface area contributed by atoms with Gasteiger partial charge in [0.1, 0.15) is 0 Å². The van der Waals surface area contributed by atoms with Gasteiger partial charge in [0, 0.05) is 19.0 Å². The topological polar surface area (TPSA) is 92.1 Å². The van der Waals surface area contributed by atoms with Gasteiger partial charge < -0.3 is 5.73 Å². The number of rotatable bonds is 3. The molecule has 2 aromatic heterocycles. The van der Waals surface area contributed by atoms with Gasteiger partial charge in [-0.05, 0) is 11.4 Å². The molecular formula is C12H12N4O2S. The predicted molar refractivity (Wildman–Crippen MR) is 71.6 cm³/mol. The van der Waals surface area contributed by atoms with Crippen molar-refractivity contribution in [1.82, 2.24) is 10.2 Å². The second kappa shape index (κ2) is 4.51. The van der Waals surface area contributed by atoms with Crippen LogP contribution in [0.25, 0.3) is 10.6 Å².